The van der Waals surface area contributed by atoms with Crippen LogP contribution in [-0.4, -0.2) is 13.6 Å². The summed E-state index contributed by atoms with van der Waals surface area (Å²) in [5, 5.41) is 4.44. The van der Waals surface area contributed by atoms with E-state index in [1.165, 1.54) is 15.6 Å². The first-order valence-corrected chi connectivity index (χ1v) is 9.71. The summed E-state index contributed by atoms with van der Waals surface area (Å²) in [6, 6.07) is 0. The SMILES string of the molecule is CC[As](CC)(CC)C(C)(C)C. The summed E-state index contributed by atoms with van der Waals surface area (Å²) < 4.78 is 0.635. The molecule has 1 radical (unpaired) electrons. The molecular formula is C10H24As. The van der Waals surface area contributed by atoms with E-state index in [0.717, 1.165) is 0 Å². The van der Waals surface area contributed by atoms with E-state index >= 15 is 0 Å². The number of hydrogen-bond acceptors (Lipinski definition) is 0. The second-order valence-electron chi connectivity index (χ2n) is 4.26. The zero-order valence-electron chi connectivity index (χ0n) is 9.07. The van der Waals surface area contributed by atoms with Crippen LogP contribution >= 0.6 is 0 Å². The molecule has 0 atom stereocenters. The summed E-state index contributed by atoms with van der Waals surface area (Å²) in [6.07, 6.45) is 0. The molecule has 0 bridgehead atoms. The van der Waals surface area contributed by atoms with E-state index in [9.17, 15) is 0 Å². The normalized spacial score (nSPS) is 13.6. The monoisotopic (exact) mass is 219 g/mol. The first-order valence-electron chi connectivity index (χ1n) is 4.79. The average molecular weight is 219 g/mol. The Morgan fingerprint density at radius 1 is 0.818 bits per heavy atom. The van der Waals surface area contributed by atoms with Gasteiger partial charge >= 0.3 is 74.9 Å². The molecule has 0 amide bonds. The molecule has 0 aromatic carbocycles. The Bertz CT molecular complexity index is 98.3. The van der Waals surface area contributed by atoms with Crippen molar-refractivity contribution in [3.63, 3.8) is 0 Å². The molecule has 0 heterocycles. The second-order valence-corrected chi connectivity index (χ2v) is 15.9. The van der Waals surface area contributed by atoms with Crippen LogP contribution in [0.15, 0.2) is 0 Å². The van der Waals surface area contributed by atoms with Gasteiger partial charge in [-0.25, -0.2) is 0 Å². The fraction of sp³-hybridized carbons (Fsp3) is 1.00. The third-order valence-corrected chi connectivity index (χ3v) is 16.8. The van der Waals surface area contributed by atoms with Crippen molar-refractivity contribution in [3.8, 4) is 0 Å². The molecule has 0 N–H and O–H groups in total. The summed E-state index contributed by atoms with van der Waals surface area (Å²) in [5.41, 5.74) is 0. The van der Waals surface area contributed by atoms with Crippen LogP contribution in [-0.2, 0) is 0 Å². The zero-order chi connectivity index (χ0) is 9.12. The van der Waals surface area contributed by atoms with Crippen LogP contribution in [0.4, 0.5) is 0 Å². The van der Waals surface area contributed by atoms with Crippen LogP contribution in [0.25, 0.3) is 0 Å². The molecule has 0 aromatic rings. The minimum absolute atomic E-state index is 0.635. The molecule has 0 fully saturated rings. The average Bonchev–Trinajstić information content (AvgIpc) is 1.90. The summed E-state index contributed by atoms with van der Waals surface area (Å²) in [5.74, 6) is 0. The number of hydrogen-bond donors (Lipinski definition) is 0. The topological polar surface area (TPSA) is 0 Å². The Kier molecular flexibility index (Phi) is 4.19. The molecule has 69 valence electrons. The van der Waals surface area contributed by atoms with Crippen LogP contribution in [0.2, 0.25) is 19.8 Å². The van der Waals surface area contributed by atoms with Crippen molar-refractivity contribution in [2.24, 2.45) is 0 Å². The predicted octanol–water partition coefficient (Wildman–Crippen LogP) is 4.30. The van der Waals surface area contributed by atoms with Crippen LogP contribution in [0.3, 0.4) is 0 Å². The summed E-state index contributed by atoms with van der Waals surface area (Å²) in [7, 11) is 0. The van der Waals surface area contributed by atoms with Gasteiger partial charge in [0.2, 0.25) is 0 Å². The van der Waals surface area contributed by atoms with Crippen molar-refractivity contribution >= 4 is 13.6 Å². The fourth-order valence-corrected chi connectivity index (χ4v) is 10.9. The molecule has 1 heteroatoms. The molecule has 0 unspecified atom stereocenters. The van der Waals surface area contributed by atoms with Crippen molar-refractivity contribution in [2.75, 3.05) is 0 Å². The molecule has 0 saturated heterocycles. The van der Waals surface area contributed by atoms with E-state index in [0.29, 0.717) is 4.20 Å². The molecule has 0 aliphatic heterocycles. The van der Waals surface area contributed by atoms with Gasteiger partial charge in [-0.3, -0.25) is 0 Å². The summed E-state index contributed by atoms with van der Waals surface area (Å²) in [4.78, 5) is 0. The van der Waals surface area contributed by atoms with E-state index in [4.69, 9.17) is 0 Å². The van der Waals surface area contributed by atoms with Gasteiger partial charge in [0, 0.05) is 0 Å². The molecular weight excluding hydrogens is 195 g/mol. The first kappa shape index (κ1) is 11.6. The Labute approximate surface area is 75.2 Å². The van der Waals surface area contributed by atoms with Crippen LogP contribution in [0, 0.1) is 0 Å². The van der Waals surface area contributed by atoms with E-state index in [2.05, 4.69) is 41.5 Å². The Morgan fingerprint density at radius 2 is 1.09 bits per heavy atom. The van der Waals surface area contributed by atoms with E-state index in [1.54, 1.807) is 0 Å². The van der Waals surface area contributed by atoms with Crippen molar-refractivity contribution in [1.82, 2.24) is 0 Å². The van der Waals surface area contributed by atoms with E-state index in [-0.39, 0.29) is 0 Å². The van der Waals surface area contributed by atoms with Crippen molar-refractivity contribution in [2.45, 2.75) is 61.4 Å². The van der Waals surface area contributed by atoms with Crippen molar-refractivity contribution in [1.29, 1.82) is 0 Å². The van der Waals surface area contributed by atoms with Gasteiger partial charge in [-0.05, 0) is 0 Å². The fourth-order valence-electron chi connectivity index (χ4n) is 2.09. The van der Waals surface area contributed by atoms with Gasteiger partial charge in [-0.15, -0.1) is 0 Å². The minimum atomic E-state index is -1.27. The van der Waals surface area contributed by atoms with Gasteiger partial charge < -0.3 is 0 Å². The molecule has 0 aliphatic carbocycles. The molecule has 0 rings (SSSR count). The van der Waals surface area contributed by atoms with Gasteiger partial charge in [-0.2, -0.15) is 0 Å². The third-order valence-electron chi connectivity index (χ3n) is 3.24. The third kappa shape index (κ3) is 2.25. The molecule has 11 heavy (non-hydrogen) atoms. The van der Waals surface area contributed by atoms with Gasteiger partial charge in [0.25, 0.3) is 0 Å². The van der Waals surface area contributed by atoms with E-state index in [1.807, 2.05) is 0 Å². The molecule has 0 nitrogen and oxygen atoms in total. The second kappa shape index (κ2) is 3.99. The van der Waals surface area contributed by atoms with E-state index < -0.39 is 13.6 Å². The number of rotatable bonds is 3. The Balaban J connectivity index is 4.54. The van der Waals surface area contributed by atoms with Gasteiger partial charge in [0.1, 0.15) is 0 Å². The van der Waals surface area contributed by atoms with Crippen molar-refractivity contribution < 1.29 is 0 Å². The van der Waals surface area contributed by atoms with Crippen LogP contribution in [0.5, 0.6) is 0 Å². The van der Waals surface area contributed by atoms with Gasteiger partial charge in [-0.1, -0.05) is 0 Å². The molecule has 0 aromatic heterocycles. The summed E-state index contributed by atoms with van der Waals surface area (Å²) >= 11 is -1.27. The Hall–Kier alpha value is 0.558. The predicted molar refractivity (Wildman–Crippen MR) is 56.9 cm³/mol. The van der Waals surface area contributed by atoms with Gasteiger partial charge in [0.15, 0.2) is 0 Å². The molecule has 0 saturated carbocycles. The Morgan fingerprint density at radius 3 is 1.09 bits per heavy atom. The van der Waals surface area contributed by atoms with Crippen molar-refractivity contribution in [3.05, 3.63) is 0 Å². The van der Waals surface area contributed by atoms with Crippen LogP contribution < -0.4 is 0 Å². The van der Waals surface area contributed by atoms with Crippen LogP contribution in [0.1, 0.15) is 41.5 Å². The maximum absolute atomic E-state index is 2.44. The maximum atomic E-state index is 2.44. The molecule has 0 aliphatic rings. The van der Waals surface area contributed by atoms with Gasteiger partial charge in [0.05, 0.1) is 0 Å². The molecule has 0 spiro atoms. The zero-order valence-corrected chi connectivity index (χ0v) is 10.9. The summed E-state index contributed by atoms with van der Waals surface area (Å²) in [6.45, 7) is 14.5. The first-order chi connectivity index (χ1) is 4.93. The quantitative estimate of drug-likeness (QED) is 0.621. The standard InChI is InChI=1S/C10H24As/c1-7-11(8-2,9-3)10(4,5)6/h7-9H2,1-6H3.